The molecule has 1 saturated carbocycles. The molecule has 1 aromatic rings. The van der Waals surface area contributed by atoms with Gasteiger partial charge in [0, 0.05) is 6.04 Å². The number of hydrogen-bond donors (Lipinski definition) is 3. The fraction of sp³-hybridized carbons (Fsp3) is 0.545. The van der Waals surface area contributed by atoms with E-state index in [1.165, 1.54) is 0 Å². The van der Waals surface area contributed by atoms with Gasteiger partial charge in [-0.25, -0.2) is 10.8 Å². The maximum atomic E-state index is 12.7. The topological polar surface area (TPSA) is 63.0 Å². The smallest absolute Gasteiger partial charge is 0.367 e. The first-order valence-electron chi connectivity index (χ1n) is 5.72. The Morgan fingerprint density at radius 2 is 1.94 bits per heavy atom. The third-order valence-corrected chi connectivity index (χ3v) is 3.01. The molecular weight excluding hydrogens is 245 g/mol. The molecular formula is C11H15F3N4. The van der Waals surface area contributed by atoms with Gasteiger partial charge in [0.15, 0.2) is 0 Å². The van der Waals surface area contributed by atoms with Crippen molar-refractivity contribution in [2.75, 3.05) is 10.7 Å². The standard InChI is InChI=1S/C11H15F3N4/c1-6(7-2-3-7)16-9-4-8(11(12,13)14)5-10(17-9)18-15/h4-7H,2-3,15H2,1H3,(H2,16,17,18). The van der Waals surface area contributed by atoms with Crippen LogP contribution in [0.4, 0.5) is 24.8 Å². The molecule has 100 valence electrons. The molecule has 0 aliphatic heterocycles. The van der Waals surface area contributed by atoms with Crippen molar-refractivity contribution in [2.24, 2.45) is 11.8 Å². The van der Waals surface area contributed by atoms with Crippen molar-refractivity contribution in [3.8, 4) is 0 Å². The molecule has 1 unspecified atom stereocenters. The van der Waals surface area contributed by atoms with Crippen LogP contribution in [0.1, 0.15) is 25.3 Å². The Kier molecular flexibility index (Phi) is 3.34. The van der Waals surface area contributed by atoms with Gasteiger partial charge in [-0.1, -0.05) is 0 Å². The van der Waals surface area contributed by atoms with E-state index in [0.29, 0.717) is 5.92 Å². The Morgan fingerprint density at radius 3 is 2.44 bits per heavy atom. The Balaban J connectivity index is 2.22. The van der Waals surface area contributed by atoms with Crippen molar-refractivity contribution in [1.29, 1.82) is 0 Å². The van der Waals surface area contributed by atoms with Gasteiger partial charge in [-0.05, 0) is 37.8 Å². The summed E-state index contributed by atoms with van der Waals surface area (Å²) in [6, 6.07) is 2.00. The number of halogens is 3. The second kappa shape index (κ2) is 4.64. The maximum absolute atomic E-state index is 12.7. The predicted molar refractivity (Wildman–Crippen MR) is 62.9 cm³/mol. The summed E-state index contributed by atoms with van der Waals surface area (Å²) in [7, 11) is 0. The number of aromatic nitrogens is 1. The number of nitrogens with two attached hydrogens (primary N) is 1. The molecule has 0 bridgehead atoms. The average Bonchev–Trinajstić information content (AvgIpc) is 3.11. The molecule has 1 aliphatic rings. The number of anilines is 2. The second-order valence-electron chi connectivity index (χ2n) is 4.54. The van der Waals surface area contributed by atoms with Crippen LogP contribution in [0.2, 0.25) is 0 Å². The van der Waals surface area contributed by atoms with Gasteiger partial charge in [0.25, 0.3) is 0 Å². The summed E-state index contributed by atoms with van der Waals surface area (Å²) in [6.07, 6.45) is -2.20. The van der Waals surface area contributed by atoms with Crippen LogP contribution in [0.25, 0.3) is 0 Å². The first-order valence-corrected chi connectivity index (χ1v) is 5.72. The number of hydrogen-bond acceptors (Lipinski definition) is 4. The Bertz CT molecular complexity index is 429. The maximum Gasteiger partial charge on any atom is 0.416 e. The van der Waals surface area contributed by atoms with Crippen molar-refractivity contribution in [3.63, 3.8) is 0 Å². The summed E-state index contributed by atoms with van der Waals surface area (Å²) >= 11 is 0. The lowest BCUT2D eigenvalue weighted by Crippen LogP contribution is -2.20. The van der Waals surface area contributed by atoms with E-state index in [0.717, 1.165) is 25.0 Å². The molecule has 4 N–H and O–H groups in total. The number of nitrogens with zero attached hydrogens (tertiary/aromatic N) is 1. The number of alkyl halides is 3. The third kappa shape index (κ3) is 3.04. The van der Waals surface area contributed by atoms with Crippen molar-refractivity contribution in [3.05, 3.63) is 17.7 Å². The largest absolute Gasteiger partial charge is 0.416 e. The first kappa shape index (κ1) is 12.9. The van der Waals surface area contributed by atoms with E-state index < -0.39 is 11.7 Å². The molecule has 1 fully saturated rings. The minimum Gasteiger partial charge on any atom is -0.367 e. The molecule has 4 nitrogen and oxygen atoms in total. The van der Waals surface area contributed by atoms with Crippen LogP contribution in [0.15, 0.2) is 12.1 Å². The summed E-state index contributed by atoms with van der Waals surface area (Å²) in [5.41, 5.74) is 1.38. The lowest BCUT2D eigenvalue weighted by molar-refractivity contribution is -0.137. The van der Waals surface area contributed by atoms with Gasteiger partial charge in [0.05, 0.1) is 5.56 Å². The van der Waals surface area contributed by atoms with E-state index in [1.54, 1.807) is 0 Å². The van der Waals surface area contributed by atoms with Crippen LogP contribution < -0.4 is 16.6 Å². The first-order chi connectivity index (χ1) is 8.40. The molecule has 2 rings (SSSR count). The van der Waals surface area contributed by atoms with Crippen molar-refractivity contribution < 1.29 is 13.2 Å². The summed E-state index contributed by atoms with van der Waals surface area (Å²) < 4.78 is 38.0. The number of rotatable bonds is 4. The van der Waals surface area contributed by atoms with E-state index in [-0.39, 0.29) is 17.7 Å². The molecule has 1 aromatic heterocycles. The van der Waals surface area contributed by atoms with Gasteiger partial charge in [-0.2, -0.15) is 13.2 Å². The highest BCUT2D eigenvalue weighted by molar-refractivity contribution is 5.49. The van der Waals surface area contributed by atoms with Gasteiger partial charge in [-0.3, -0.25) is 0 Å². The molecule has 0 aromatic carbocycles. The molecule has 0 saturated heterocycles. The molecule has 0 radical (unpaired) electrons. The molecule has 0 amide bonds. The fourth-order valence-electron chi connectivity index (χ4n) is 1.79. The van der Waals surface area contributed by atoms with Crippen LogP contribution in [0, 0.1) is 5.92 Å². The molecule has 1 atom stereocenters. The highest BCUT2D eigenvalue weighted by Gasteiger charge is 2.32. The summed E-state index contributed by atoms with van der Waals surface area (Å²) in [5, 5.41) is 2.98. The Labute approximate surface area is 103 Å². The van der Waals surface area contributed by atoms with Crippen molar-refractivity contribution >= 4 is 11.6 Å². The predicted octanol–water partition coefficient (Wildman–Crippen LogP) is 2.60. The van der Waals surface area contributed by atoms with E-state index in [2.05, 4.69) is 15.7 Å². The normalized spacial score (nSPS) is 17.4. The zero-order valence-corrected chi connectivity index (χ0v) is 9.88. The molecule has 1 heterocycles. The quantitative estimate of drug-likeness (QED) is 0.575. The summed E-state index contributed by atoms with van der Waals surface area (Å²) in [5.74, 6) is 5.84. The minimum atomic E-state index is -4.41. The molecule has 7 heteroatoms. The second-order valence-corrected chi connectivity index (χ2v) is 4.54. The number of nitrogens with one attached hydrogen (secondary N) is 2. The van der Waals surface area contributed by atoms with Gasteiger partial charge < -0.3 is 10.7 Å². The van der Waals surface area contributed by atoms with Gasteiger partial charge >= 0.3 is 6.18 Å². The van der Waals surface area contributed by atoms with E-state index in [4.69, 9.17) is 5.84 Å². The number of hydrazine groups is 1. The monoisotopic (exact) mass is 260 g/mol. The SMILES string of the molecule is CC(Nc1cc(C(F)(F)F)cc(NN)n1)C1CC1. The van der Waals surface area contributed by atoms with Crippen LogP contribution in [-0.4, -0.2) is 11.0 Å². The van der Waals surface area contributed by atoms with Gasteiger partial charge in [0.2, 0.25) is 0 Å². The zero-order chi connectivity index (χ0) is 13.3. The van der Waals surface area contributed by atoms with Crippen LogP contribution in [0.5, 0.6) is 0 Å². The Hall–Kier alpha value is -1.50. The highest BCUT2D eigenvalue weighted by atomic mass is 19.4. The van der Waals surface area contributed by atoms with Crippen LogP contribution >= 0.6 is 0 Å². The highest BCUT2D eigenvalue weighted by Crippen LogP contribution is 2.35. The average molecular weight is 260 g/mol. The number of pyridine rings is 1. The van der Waals surface area contributed by atoms with Crippen LogP contribution in [0.3, 0.4) is 0 Å². The lowest BCUT2D eigenvalue weighted by Gasteiger charge is -2.16. The minimum absolute atomic E-state index is 0.00433. The van der Waals surface area contributed by atoms with Gasteiger partial charge in [-0.15, -0.1) is 0 Å². The lowest BCUT2D eigenvalue weighted by atomic mass is 10.2. The van der Waals surface area contributed by atoms with E-state index in [9.17, 15) is 13.2 Å². The zero-order valence-electron chi connectivity index (χ0n) is 9.88. The van der Waals surface area contributed by atoms with E-state index >= 15 is 0 Å². The van der Waals surface area contributed by atoms with Gasteiger partial charge in [0.1, 0.15) is 11.6 Å². The fourth-order valence-corrected chi connectivity index (χ4v) is 1.79. The van der Waals surface area contributed by atoms with Crippen LogP contribution in [-0.2, 0) is 6.18 Å². The summed E-state index contributed by atoms with van der Waals surface area (Å²) in [6.45, 7) is 1.94. The molecule has 0 spiro atoms. The van der Waals surface area contributed by atoms with E-state index in [1.807, 2.05) is 6.92 Å². The summed E-state index contributed by atoms with van der Waals surface area (Å²) in [4.78, 5) is 3.97. The molecule has 1 aliphatic carbocycles. The number of nitrogen functional groups attached to an aromatic ring is 1. The molecule has 18 heavy (non-hydrogen) atoms. The van der Waals surface area contributed by atoms with Crippen molar-refractivity contribution in [2.45, 2.75) is 32.0 Å². The Morgan fingerprint density at radius 1 is 1.33 bits per heavy atom. The third-order valence-electron chi connectivity index (χ3n) is 3.01. The van der Waals surface area contributed by atoms with Crippen molar-refractivity contribution in [1.82, 2.24) is 4.98 Å².